The van der Waals surface area contributed by atoms with Crippen molar-refractivity contribution < 1.29 is 46.8 Å². The first kappa shape index (κ1) is 48.6. The van der Waals surface area contributed by atoms with Crippen LogP contribution in [0.25, 0.3) is 22.3 Å². The number of carbonyl (C=O) groups excluding carboxylic acids is 3. The van der Waals surface area contributed by atoms with E-state index in [1.165, 1.54) is 23.3 Å². The molecule has 18 heteroatoms. The molecule has 1 amide bonds. The first-order valence-corrected chi connectivity index (χ1v) is 26.6. The molecule has 6 atom stereocenters. The van der Waals surface area contributed by atoms with Crippen LogP contribution in [-0.2, 0) is 29.8 Å². The minimum Gasteiger partial charge on any atom is -0.495 e. The Kier molecular flexibility index (Phi) is 15.0. The zero-order valence-electron chi connectivity index (χ0n) is 37.5. The van der Waals surface area contributed by atoms with Crippen molar-refractivity contribution in [3.63, 3.8) is 0 Å². The maximum atomic E-state index is 15.3. The number of fused-ring (bicyclic) bond motifs is 3. The molecule has 0 spiro atoms. The SMILES string of the molecule is COc1ccc2c(O[C@@H]3C[C@H]4C(=O)C[C@]5(P(=O)(O)Cc6c(F)ccc(Cl)c6F)C[C@@H]5CCCCCCC[C@H](CC(=O)OC5CCCC5)C(=O)N4C3)cc(-c3csc(NC(C)C)n3)nc2c1Cl. The molecule has 2 saturated carbocycles. The first-order valence-electron chi connectivity index (χ1n) is 23.1. The molecule has 12 nitrogen and oxygen atoms in total. The van der Waals surface area contributed by atoms with Gasteiger partial charge in [0.05, 0.1) is 53.7 Å². The maximum Gasteiger partial charge on any atom is 0.306 e. The van der Waals surface area contributed by atoms with Crippen LogP contribution in [0.15, 0.2) is 35.7 Å². The van der Waals surface area contributed by atoms with Crippen molar-refractivity contribution in [2.75, 3.05) is 19.0 Å². The number of thiazole rings is 1. The number of ether oxygens (including phenoxy) is 3. The average molecular weight is 990 g/mol. The van der Waals surface area contributed by atoms with E-state index in [-0.39, 0.29) is 60.3 Å². The molecule has 356 valence electrons. The number of amides is 1. The summed E-state index contributed by atoms with van der Waals surface area (Å²) in [7, 11) is -3.01. The van der Waals surface area contributed by atoms with Gasteiger partial charge in [-0.25, -0.2) is 18.7 Å². The molecule has 8 rings (SSSR count). The van der Waals surface area contributed by atoms with Gasteiger partial charge in [0.25, 0.3) is 0 Å². The number of carbonyl (C=O) groups is 3. The minimum atomic E-state index is -4.51. The summed E-state index contributed by atoms with van der Waals surface area (Å²) in [5.74, 6) is -3.77. The minimum absolute atomic E-state index is 0.0278. The number of esters is 1. The molecule has 1 unspecified atom stereocenters. The highest BCUT2D eigenvalue weighted by Gasteiger charge is 2.66. The number of rotatable bonds is 12. The van der Waals surface area contributed by atoms with Crippen molar-refractivity contribution in [1.29, 1.82) is 0 Å². The van der Waals surface area contributed by atoms with Gasteiger partial charge in [-0.05, 0) is 89.0 Å². The van der Waals surface area contributed by atoms with Gasteiger partial charge in [0.1, 0.15) is 46.1 Å². The van der Waals surface area contributed by atoms with E-state index in [1.54, 1.807) is 18.2 Å². The lowest BCUT2D eigenvalue weighted by molar-refractivity contribution is -0.154. The van der Waals surface area contributed by atoms with Crippen LogP contribution in [0.3, 0.4) is 0 Å². The van der Waals surface area contributed by atoms with Gasteiger partial charge in [-0.15, -0.1) is 11.3 Å². The molecule has 2 aliphatic carbocycles. The van der Waals surface area contributed by atoms with Crippen LogP contribution in [0.4, 0.5) is 13.9 Å². The molecule has 2 saturated heterocycles. The van der Waals surface area contributed by atoms with Gasteiger partial charge >= 0.3 is 5.97 Å². The molecule has 2 aliphatic heterocycles. The van der Waals surface area contributed by atoms with Crippen molar-refractivity contribution in [2.24, 2.45) is 11.8 Å². The highest BCUT2D eigenvalue weighted by molar-refractivity contribution is 7.59. The van der Waals surface area contributed by atoms with Crippen LogP contribution < -0.4 is 14.8 Å². The third-order valence-electron chi connectivity index (χ3n) is 13.8. The smallest absolute Gasteiger partial charge is 0.306 e. The number of Topliss-reactive ketones (excluding diaryl/α,β-unsaturated/α-hetero) is 1. The second kappa shape index (κ2) is 20.4. The Labute approximate surface area is 397 Å². The van der Waals surface area contributed by atoms with Gasteiger partial charge in [0.15, 0.2) is 10.9 Å². The third-order valence-corrected chi connectivity index (χ3v) is 18.1. The van der Waals surface area contributed by atoms with Crippen LogP contribution in [0.2, 0.25) is 10.0 Å². The van der Waals surface area contributed by atoms with E-state index in [2.05, 4.69) is 5.32 Å². The summed E-state index contributed by atoms with van der Waals surface area (Å²) in [5.41, 5.74) is 0.834. The number of hydrogen-bond acceptors (Lipinski definition) is 11. The van der Waals surface area contributed by atoms with Crippen LogP contribution in [0, 0.1) is 23.5 Å². The molecule has 66 heavy (non-hydrogen) atoms. The molecule has 4 fully saturated rings. The number of anilines is 1. The lowest BCUT2D eigenvalue weighted by Crippen LogP contribution is -2.45. The maximum absolute atomic E-state index is 15.3. The summed E-state index contributed by atoms with van der Waals surface area (Å²) in [5, 5.41) is 4.84. The van der Waals surface area contributed by atoms with Gasteiger partial charge in [0, 0.05) is 47.2 Å². The van der Waals surface area contributed by atoms with Crippen LogP contribution in [-0.4, -0.2) is 80.5 Å². The topological polar surface area (TPSA) is 157 Å². The Bertz CT molecular complexity index is 2530. The Morgan fingerprint density at radius 3 is 2.45 bits per heavy atom. The fourth-order valence-corrected chi connectivity index (χ4v) is 14.2. The Hall–Kier alpha value is -3.88. The molecule has 0 bridgehead atoms. The average Bonchev–Trinajstić information content (AvgIpc) is 3.69. The molecular formula is C48H57Cl2F2N4O8PS. The molecule has 0 radical (unpaired) electrons. The fraction of sp³-hybridized carbons (Fsp3) is 0.562. The van der Waals surface area contributed by atoms with Gasteiger partial charge in [-0.3, -0.25) is 18.9 Å². The normalized spacial score (nSPS) is 25.2. The van der Waals surface area contributed by atoms with Crippen molar-refractivity contribution in [1.82, 2.24) is 14.9 Å². The number of methoxy groups -OCH3 is 1. The Morgan fingerprint density at radius 2 is 1.71 bits per heavy atom. The molecule has 4 aromatic rings. The van der Waals surface area contributed by atoms with Gasteiger partial charge in [-0.2, -0.15) is 0 Å². The van der Waals surface area contributed by atoms with E-state index < -0.39 is 71.6 Å². The molecule has 4 aliphatic rings. The second-order valence-electron chi connectivity index (χ2n) is 18.8. The fourth-order valence-electron chi connectivity index (χ4n) is 10.2. The van der Waals surface area contributed by atoms with E-state index in [1.807, 2.05) is 19.2 Å². The number of ketones is 1. The lowest BCUT2D eigenvalue weighted by Gasteiger charge is -2.30. The number of halogens is 4. The third kappa shape index (κ3) is 10.4. The summed E-state index contributed by atoms with van der Waals surface area (Å²) in [6.07, 6.45) is 6.29. The van der Waals surface area contributed by atoms with Crippen molar-refractivity contribution >= 4 is 75.6 Å². The van der Waals surface area contributed by atoms with E-state index in [4.69, 9.17) is 47.4 Å². The zero-order valence-corrected chi connectivity index (χ0v) is 40.7. The van der Waals surface area contributed by atoms with Gasteiger partial charge < -0.3 is 29.3 Å². The number of nitrogens with zero attached hydrogens (tertiary/aromatic N) is 3. The number of hydrogen-bond donors (Lipinski definition) is 2. The highest BCUT2D eigenvalue weighted by Crippen LogP contribution is 2.75. The molecule has 2 N–H and O–H groups in total. The predicted octanol–water partition coefficient (Wildman–Crippen LogP) is 11.5. The number of benzene rings is 2. The van der Waals surface area contributed by atoms with E-state index in [9.17, 15) is 19.0 Å². The Balaban J connectivity index is 1.15. The van der Waals surface area contributed by atoms with Crippen LogP contribution in [0.5, 0.6) is 11.5 Å². The lowest BCUT2D eigenvalue weighted by atomic mass is 9.94. The zero-order chi connectivity index (χ0) is 46.9. The standard InChI is InChI=1S/C48H57Cl2F2N4O8PS/c1-27(2)53-47-55-37(26-66-47)36-21-41(32-15-18-40(62-3)43(50)45(32)54-36)63-31-20-38-39(57)23-48(65(60,61)25-33-35(51)17-16-34(49)44(33)52)22-29(48)12-8-6-4-5-7-11-28(46(59)56(38)24-31)19-42(58)64-30-13-9-10-14-30/h15-18,21,26-31,38H,4-14,19-20,22-25H2,1-3H3,(H,53,55)(H,60,61)/t28-,29+,31-,38+,48-/m1/s1. The van der Waals surface area contributed by atoms with E-state index in [0.29, 0.717) is 58.2 Å². The molecule has 4 heterocycles. The van der Waals surface area contributed by atoms with Crippen molar-refractivity contribution in [2.45, 2.75) is 146 Å². The summed E-state index contributed by atoms with van der Waals surface area (Å²) >= 11 is 14.3. The van der Waals surface area contributed by atoms with Crippen molar-refractivity contribution in [3.05, 3.63) is 63.0 Å². The summed E-state index contributed by atoms with van der Waals surface area (Å²) in [4.78, 5) is 66.6. The number of pyridine rings is 1. The number of aromatic nitrogens is 2. The van der Waals surface area contributed by atoms with Gasteiger partial charge in [-0.1, -0.05) is 55.3 Å². The van der Waals surface area contributed by atoms with Crippen LogP contribution >= 0.6 is 41.9 Å². The number of nitrogens with one attached hydrogen (secondary N) is 1. The van der Waals surface area contributed by atoms with E-state index >= 15 is 13.6 Å². The molecular weight excluding hydrogens is 932 g/mol. The Morgan fingerprint density at radius 1 is 0.985 bits per heavy atom. The summed E-state index contributed by atoms with van der Waals surface area (Å²) in [6.45, 7) is 3.99. The van der Waals surface area contributed by atoms with Crippen molar-refractivity contribution in [3.8, 4) is 22.9 Å². The van der Waals surface area contributed by atoms with Gasteiger partial charge in [0.2, 0.25) is 13.3 Å². The molecule has 2 aromatic carbocycles. The van der Waals surface area contributed by atoms with Crippen LogP contribution in [0.1, 0.15) is 116 Å². The quantitative estimate of drug-likeness (QED) is 0.0791. The second-order valence-corrected chi connectivity index (χ2v) is 23.0. The summed E-state index contributed by atoms with van der Waals surface area (Å²) in [6, 6.07) is 6.28. The first-order chi connectivity index (χ1) is 31.6. The monoisotopic (exact) mass is 988 g/mol. The predicted molar refractivity (Wildman–Crippen MR) is 252 cm³/mol. The molecule has 2 aromatic heterocycles. The highest BCUT2D eigenvalue weighted by atomic mass is 35.5. The largest absolute Gasteiger partial charge is 0.495 e. The summed E-state index contributed by atoms with van der Waals surface area (Å²) < 4.78 is 63.3. The van der Waals surface area contributed by atoms with E-state index in [0.717, 1.165) is 63.5 Å².